The molecular formula is C11H19N3. The lowest BCUT2D eigenvalue weighted by Gasteiger charge is -2.06. The van der Waals surface area contributed by atoms with E-state index < -0.39 is 0 Å². The van der Waals surface area contributed by atoms with E-state index in [2.05, 4.69) is 23.8 Å². The van der Waals surface area contributed by atoms with E-state index >= 15 is 0 Å². The average molecular weight is 193 g/mol. The monoisotopic (exact) mass is 193 g/mol. The zero-order valence-electron chi connectivity index (χ0n) is 9.25. The van der Waals surface area contributed by atoms with Crippen LogP contribution in [0.15, 0.2) is 6.07 Å². The Morgan fingerprint density at radius 2 is 2.07 bits per heavy atom. The highest BCUT2D eigenvalue weighted by Crippen LogP contribution is 2.07. The van der Waals surface area contributed by atoms with Crippen LogP contribution in [0.1, 0.15) is 37.5 Å². The largest absolute Gasteiger partial charge is 0.325 e. The summed E-state index contributed by atoms with van der Waals surface area (Å²) in [6, 6.07) is 1.94. The molecule has 0 fully saturated rings. The lowest BCUT2D eigenvalue weighted by molar-refractivity contribution is 0.572. The number of nitrogens with two attached hydrogens (primary N) is 1. The minimum atomic E-state index is 0.498. The fraction of sp³-hybridized carbons (Fsp3) is 0.636. The molecule has 0 aliphatic heterocycles. The van der Waals surface area contributed by atoms with Gasteiger partial charge in [0, 0.05) is 18.7 Å². The van der Waals surface area contributed by atoms with Crippen LogP contribution >= 0.6 is 0 Å². The Labute approximate surface area is 85.8 Å². The first kappa shape index (κ1) is 11.1. The predicted octanol–water partition coefficient (Wildman–Crippen LogP) is 1.83. The van der Waals surface area contributed by atoms with Gasteiger partial charge in [-0.1, -0.05) is 13.8 Å². The number of rotatable bonds is 4. The van der Waals surface area contributed by atoms with Crippen molar-refractivity contribution in [3.05, 3.63) is 23.3 Å². The fourth-order valence-electron chi connectivity index (χ4n) is 1.33. The standard InChI is InChI=1S/C11H19N3/c1-8(2)4-5-11-13-9(3)6-10(7-12)14-11/h6,8H,4-5,7,12H2,1-3H3. The van der Waals surface area contributed by atoms with Gasteiger partial charge in [0.15, 0.2) is 0 Å². The molecular weight excluding hydrogens is 174 g/mol. The van der Waals surface area contributed by atoms with Gasteiger partial charge < -0.3 is 5.73 Å². The molecule has 0 radical (unpaired) electrons. The van der Waals surface area contributed by atoms with Gasteiger partial charge in [0.1, 0.15) is 5.82 Å². The summed E-state index contributed by atoms with van der Waals surface area (Å²) in [5, 5.41) is 0. The van der Waals surface area contributed by atoms with Gasteiger partial charge in [0.25, 0.3) is 0 Å². The Balaban J connectivity index is 2.71. The van der Waals surface area contributed by atoms with Crippen LogP contribution in [0.5, 0.6) is 0 Å². The summed E-state index contributed by atoms with van der Waals surface area (Å²) in [6.45, 7) is 6.90. The maximum absolute atomic E-state index is 5.55. The Bertz CT molecular complexity index is 295. The summed E-state index contributed by atoms with van der Waals surface area (Å²) < 4.78 is 0. The van der Waals surface area contributed by atoms with Crippen LogP contribution in [0.4, 0.5) is 0 Å². The molecule has 0 aliphatic carbocycles. The Hall–Kier alpha value is -0.960. The highest BCUT2D eigenvalue weighted by Gasteiger charge is 2.02. The van der Waals surface area contributed by atoms with Gasteiger partial charge in [0.05, 0.1) is 5.69 Å². The molecule has 1 aromatic rings. The molecule has 14 heavy (non-hydrogen) atoms. The molecule has 3 heteroatoms. The third-order valence-electron chi connectivity index (χ3n) is 2.11. The molecule has 0 saturated carbocycles. The van der Waals surface area contributed by atoms with Crippen molar-refractivity contribution in [1.29, 1.82) is 0 Å². The first-order chi connectivity index (χ1) is 6.61. The van der Waals surface area contributed by atoms with Crippen LogP contribution in [0, 0.1) is 12.8 Å². The summed E-state index contributed by atoms with van der Waals surface area (Å²) in [5.74, 6) is 1.62. The van der Waals surface area contributed by atoms with Crippen molar-refractivity contribution in [2.75, 3.05) is 0 Å². The molecule has 1 rings (SSSR count). The van der Waals surface area contributed by atoms with Crippen LogP contribution in [-0.2, 0) is 13.0 Å². The molecule has 0 aliphatic rings. The zero-order chi connectivity index (χ0) is 10.6. The highest BCUT2D eigenvalue weighted by atomic mass is 14.9. The molecule has 0 unspecified atom stereocenters. The van der Waals surface area contributed by atoms with Gasteiger partial charge >= 0.3 is 0 Å². The quantitative estimate of drug-likeness (QED) is 0.793. The minimum Gasteiger partial charge on any atom is -0.325 e. The predicted molar refractivity (Wildman–Crippen MR) is 57.8 cm³/mol. The van der Waals surface area contributed by atoms with Gasteiger partial charge in [-0.2, -0.15) is 0 Å². The molecule has 0 amide bonds. The van der Waals surface area contributed by atoms with Gasteiger partial charge in [-0.05, 0) is 25.3 Å². The molecule has 0 saturated heterocycles. The Morgan fingerprint density at radius 3 is 2.64 bits per heavy atom. The van der Waals surface area contributed by atoms with E-state index in [9.17, 15) is 0 Å². The van der Waals surface area contributed by atoms with Crippen LogP contribution in [-0.4, -0.2) is 9.97 Å². The van der Waals surface area contributed by atoms with Crippen LogP contribution in [0.25, 0.3) is 0 Å². The van der Waals surface area contributed by atoms with Gasteiger partial charge in [-0.25, -0.2) is 9.97 Å². The van der Waals surface area contributed by atoms with E-state index in [0.29, 0.717) is 12.5 Å². The van der Waals surface area contributed by atoms with E-state index in [1.54, 1.807) is 0 Å². The average Bonchev–Trinajstić information content (AvgIpc) is 2.14. The lowest BCUT2D eigenvalue weighted by atomic mass is 10.1. The second-order valence-corrected chi connectivity index (χ2v) is 4.05. The van der Waals surface area contributed by atoms with Gasteiger partial charge in [-0.3, -0.25) is 0 Å². The van der Waals surface area contributed by atoms with E-state index in [4.69, 9.17) is 5.73 Å². The van der Waals surface area contributed by atoms with E-state index in [1.165, 1.54) is 0 Å². The second kappa shape index (κ2) is 5.05. The first-order valence-corrected chi connectivity index (χ1v) is 5.15. The highest BCUT2D eigenvalue weighted by molar-refractivity contribution is 5.09. The van der Waals surface area contributed by atoms with Crippen LogP contribution < -0.4 is 5.73 Å². The van der Waals surface area contributed by atoms with Crippen molar-refractivity contribution in [2.24, 2.45) is 11.7 Å². The van der Waals surface area contributed by atoms with E-state index in [1.807, 2.05) is 13.0 Å². The SMILES string of the molecule is Cc1cc(CN)nc(CCC(C)C)n1. The molecule has 0 spiro atoms. The first-order valence-electron chi connectivity index (χ1n) is 5.15. The smallest absolute Gasteiger partial charge is 0.128 e. The molecule has 2 N–H and O–H groups in total. The summed E-state index contributed by atoms with van der Waals surface area (Å²) in [5.41, 5.74) is 7.51. The van der Waals surface area contributed by atoms with Crippen LogP contribution in [0.2, 0.25) is 0 Å². The van der Waals surface area contributed by atoms with Crippen molar-refractivity contribution >= 4 is 0 Å². The summed E-state index contributed by atoms with van der Waals surface area (Å²) >= 11 is 0. The Morgan fingerprint density at radius 1 is 1.36 bits per heavy atom. The Kier molecular flexibility index (Phi) is 4.01. The maximum Gasteiger partial charge on any atom is 0.128 e. The minimum absolute atomic E-state index is 0.498. The molecule has 0 atom stereocenters. The molecule has 78 valence electrons. The summed E-state index contributed by atoms with van der Waals surface area (Å²) in [4.78, 5) is 8.77. The lowest BCUT2D eigenvalue weighted by Crippen LogP contribution is -2.06. The number of hydrogen-bond donors (Lipinski definition) is 1. The second-order valence-electron chi connectivity index (χ2n) is 4.05. The zero-order valence-corrected chi connectivity index (χ0v) is 9.25. The fourth-order valence-corrected chi connectivity index (χ4v) is 1.33. The normalized spacial score (nSPS) is 10.9. The molecule has 1 heterocycles. The van der Waals surface area contributed by atoms with Crippen molar-refractivity contribution < 1.29 is 0 Å². The number of nitrogens with zero attached hydrogens (tertiary/aromatic N) is 2. The number of hydrogen-bond acceptors (Lipinski definition) is 3. The summed E-state index contributed by atoms with van der Waals surface area (Å²) in [6.07, 6.45) is 2.08. The van der Waals surface area contributed by atoms with Crippen LogP contribution in [0.3, 0.4) is 0 Å². The molecule has 0 bridgehead atoms. The van der Waals surface area contributed by atoms with E-state index in [0.717, 1.165) is 30.1 Å². The molecule has 3 nitrogen and oxygen atoms in total. The van der Waals surface area contributed by atoms with E-state index in [-0.39, 0.29) is 0 Å². The van der Waals surface area contributed by atoms with Crippen molar-refractivity contribution in [3.8, 4) is 0 Å². The van der Waals surface area contributed by atoms with Crippen molar-refractivity contribution in [2.45, 2.75) is 40.2 Å². The number of aromatic nitrogens is 2. The van der Waals surface area contributed by atoms with Gasteiger partial charge in [-0.15, -0.1) is 0 Å². The molecule has 0 aromatic carbocycles. The third kappa shape index (κ3) is 3.42. The van der Waals surface area contributed by atoms with Gasteiger partial charge in [0.2, 0.25) is 0 Å². The topological polar surface area (TPSA) is 51.8 Å². The number of aryl methyl sites for hydroxylation is 2. The van der Waals surface area contributed by atoms with Crippen molar-refractivity contribution in [1.82, 2.24) is 9.97 Å². The maximum atomic E-state index is 5.55. The third-order valence-corrected chi connectivity index (χ3v) is 2.11. The van der Waals surface area contributed by atoms with Crippen molar-refractivity contribution in [3.63, 3.8) is 0 Å². The molecule has 1 aromatic heterocycles. The summed E-state index contributed by atoms with van der Waals surface area (Å²) in [7, 11) is 0.